The number of hydrogen-bond acceptors (Lipinski definition) is 3. The minimum absolute atomic E-state index is 0.0958. The van der Waals surface area contributed by atoms with E-state index >= 15 is 0 Å². The molecule has 2 aliphatic carbocycles. The van der Waals surface area contributed by atoms with Gasteiger partial charge in [-0.1, -0.05) is 6.42 Å². The molecule has 98 valence electrons. The van der Waals surface area contributed by atoms with Crippen LogP contribution in [0.4, 0.5) is 5.82 Å². The number of aromatic nitrogens is 2. The summed E-state index contributed by atoms with van der Waals surface area (Å²) in [5.74, 6) is 2.61. The van der Waals surface area contributed by atoms with E-state index in [9.17, 15) is 4.79 Å². The number of hydrogen-bond donors (Lipinski definition) is 3. The van der Waals surface area contributed by atoms with Crippen molar-refractivity contribution < 1.29 is 4.79 Å². The fourth-order valence-electron chi connectivity index (χ4n) is 3.67. The SMILES string of the molecule is Cc1[nH]nc(N)c1C(=O)NCC1CC2CCC1C2. The summed E-state index contributed by atoms with van der Waals surface area (Å²) in [5.41, 5.74) is 6.92. The monoisotopic (exact) mass is 248 g/mol. The van der Waals surface area contributed by atoms with Gasteiger partial charge in [0.05, 0.1) is 0 Å². The first-order valence-electron chi connectivity index (χ1n) is 6.73. The van der Waals surface area contributed by atoms with E-state index in [-0.39, 0.29) is 11.7 Å². The van der Waals surface area contributed by atoms with Gasteiger partial charge in [0.15, 0.2) is 5.82 Å². The van der Waals surface area contributed by atoms with Gasteiger partial charge in [0, 0.05) is 12.2 Å². The highest BCUT2D eigenvalue weighted by atomic mass is 16.1. The van der Waals surface area contributed by atoms with Crippen LogP contribution in [-0.2, 0) is 0 Å². The van der Waals surface area contributed by atoms with E-state index in [1.165, 1.54) is 25.7 Å². The van der Waals surface area contributed by atoms with Crippen LogP contribution in [0.2, 0.25) is 0 Å². The first kappa shape index (κ1) is 11.6. The van der Waals surface area contributed by atoms with Gasteiger partial charge in [0.2, 0.25) is 0 Å². The van der Waals surface area contributed by atoms with Crippen molar-refractivity contribution in [1.82, 2.24) is 15.5 Å². The number of rotatable bonds is 3. The number of carbonyl (C=O) groups excluding carboxylic acids is 1. The zero-order valence-electron chi connectivity index (χ0n) is 10.7. The molecule has 5 nitrogen and oxygen atoms in total. The van der Waals surface area contributed by atoms with Crippen LogP contribution in [0.5, 0.6) is 0 Å². The minimum Gasteiger partial charge on any atom is -0.382 e. The molecule has 0 spiro atoms. The predicted octanol–water partition coefficient (Wildman–Crippen LogP) is 1.47. The quantitative estimate of drug-likeness (QED) is 0.757. The number of fused-ring (bicyclic) bond motifs is 2. The lowest BCUT2D eigenvalue weighted by Gasteiger charge is -2.21. The van der Waals surface area contributed by atoms with E-state index in [2.05, 4.69) is 15.5 Å². The molecule has 3 atom stereocenters. The van der Waals surface area contributed by atoms with Gasteiger partial charge in [0.1, 0.15) is 5.56 Å². The number of nitrogen functional groups attached to an aromatic ring is 1. The molecule has 1 aromatic rings. The lowest BCUT2D eigenvalue weighted by atomic mass is 9.89. The summed E-state index contributed by atoms with van der Waals surface area (Å²) in [6, 6.07) is 0. The molecule has 4 N–H and O–H groups in total. The van der Waals surface area contributed by atoms with Crippen LogP contribution in [0.3, 0.4) is 0 Å². The van der Waals surface area contributed by atoms with Crippen molar-refractivity contribution in [1.29, 1.82) is 0 Å². The summed E-state index contributed by atoms with van der Waals surface area (Å²) in [4.78, 5) is 12.1. The van der Waals surface area contributed by atoms with Crippen molar-refractivity contribution >= 4 is 11.7 Å². The highest BCUT2D eigenvalue weighted by Gasteiger charge is 2.39. The predicted molar refractivity (Wildman–Crippen MR) is 69.0 cm³/mol. The third kappa shape index (κ3) is 1.87. The van der Waals surface area contributed by atoms with Gasteiger partial charge >= 0.3 is 0 Å². The molecule has 2 saturated carbocycles. The molecule has 3 unspecified atom stereocenters. The number of nitrogens with two attached hydrogens (primary N) is 1. The van der Waals surface area contributed by atoms with Crippen molar-refractivity contribution in [3.05, 3.63) is 11.3 Å². The molecule has 0 radical (unpaired) electrons. The van der Waals surface area contributed by atoms with Crippen LogP contribution >= 0.6 is 0 Å². The molecule has 2 fully saturated rings. The lowest BCUT2D eigenvalue weighted by molar-refractivity contribution is 0.0942. The van der Waals surface area contributed by atoms with Gasteiger partial charge in [-0.15, -0.1) is 0 Å². The molecule has 3 rings (SSSR count). The Bertz CT molecular complexity index is 448. The Balaban J connectivity index is 1.59. The van der Waals surface area contributed by atoms with Crippen LogP contribution in [0.15, 0.2) is 0 Å². The summed E-state index contributed by atoms with van der Waals surface area (Å²) in [6.45, 7) is 2.60. The number of aromatic amines is 1. The molecule has 0 aromatic carbocycles. The van der Waals surface area contributed by atoms with E-state index in [1.807, 2.05) is 6.92 Å². The average Bonchev–Trinajstić information content (AvgIpc) is 3.02. The van der Waals surface area contributed by atoms with Gasteiger partial charge in [0.25, 0.3) is 5.91 Å². The zero-order valence-corrected chi connectivity index (χ0v) is 10.7. The number of nitrogens with zero attached hydrogens (tertiary/aromatic N) is 1. The van der Waals surface area contributed by atoms with Gasteiger partial charge in [-0.2, -0.15) is 5.10 Å². The van der Waals surface area contributed by atoms with Gasteiger partial charge in [-0.3, -0.25) is 9.89 Å². The summed E-state index contributed by atoms with van der Waals surface area (Å²) in [5, 5.41) is 9.60. The van der Waals surface area contributed by atoms with Crippen molar-refractivity contribution in [2.45, 2.75) is 32.6 Å². The molecule has 1 amide bonds. The molecule has 18 heavy (non-hydrogen) atoms. The third-order valence-corrected chi connectivity index (χ3v) is 4.61. The highest BCUT2D eigenvalue weighted by Crippen LogP contribution is 2.47. The lowest BCUT2D eigenvalue weighted by Crippen LogP contribution is -2.32. The number of nitrogens with one attached hydrogen (secondary N) is 2. The summed E-state index contributed by atoms with van der Waals surface area (Å²) in [6.07, 6.45) is 5.39. The van der Waals surface area contributed by atoms with Crippen LogP contribution in [-0.4, -0.2) is 22.6 Å². The molecule has 0 aliphatic heterocycles. The second kappa shape index (κ2) is 4.30. The summed E-state index contributed by atoms with van der Waals surface area (Å²) in [7, 11) is 0. The molecule has 0 saturated heterocycles. The number of aryl methyl sites for hydroxylation is 1. The number of carbonyl (C=O) groups is 1. The minimum atomic E-state index is -0.0958. The second-order valence-electron chi connectivity index (χ2n) is 5.75. The smallest absolute Gasteiger partial charge is 0.256 e. The fraction of sp³-hybridized carbons (Fsp3) is 0.692. The topological polar surface area (TPSA) is 83.8 Å². The Morgan fingerprint density at radius 1 is 1.50 bits per heavy atom. The van der Waals surface area contributed by atoms with E-state index in [0.29, 0.717) is 11.5 Å². The van der Waals surface area contributed by atoms with E-state index in [1.54, 1.807) is 0 Å². The van der Waals surface area contributed by atoms with Crippen molar-refractivity contribution in [3.63, 3.8) is 0 Å². The Labute approximate surface area is 107 Å². The number of anilines is 1. The Hall–Kier alpha value is -1.52. The van der Waals surface area contributed by atoms with E-state index in [0.717, 1.165) is 24.1 Å². The summed E-state index contributed by atoms with van der Waals surface area (Å²) < 4.78 is 0. The molecule has 2 aliphatic rings. The van der Waals surface area contributed by atoms with Crippen molar-refractivity contribution in [2.24, 2.45) is 17.8 Å². The molecular weight excluding hydrogens is 228 g/mol. The maximum atomic E-state index is 12.1. The molecule has 5 heteroatoms. The van der Waals surface area contributed by atoms with Crippen LogP contribution < -0.4 is 11.1 Å². The molecule has 2 bridgehead atoms. The first-order chi connectivity index (χ1) is 8.65. The van der Waals surface area contributed by atoms with Crippen molar-refractivity contribution in [3.8, 4) is 0 Å². The Morgan fingerprint density at radius 2 is 2.33 bits per heavy atom. The largest absolute Gasteiger partial charge is 0.382 e. The van der Waals surface area contributed by atoms with E-state index in [4.69, 9.17) is 5.73 Å². The Kier molecular flexibility index (Phi) is 2.76. The molecule has 1 heterocycles. The number of H-pyrrole nitrogens is 1. The van der Waals surface area contributed by atoms with Crippen LogP contribution in [0.25, 0.3) is 0 Å². The highest BCUT2D eigenvalue weighted by molar-refractivity contribution is 5.99. The van der Waals surface area contributed by atoms with Crippen molar-refractivity contribution in [2.75, 3.05) is 12.3 Å². The maximum absolute atomic E-state index is 12.1. The standard InChI is InChI=1S/C13H20N4O/c1-7-11(12(14)17-16-7)13(18)15-6-10-5-8-2-3-9(10)4-8/h8-10H,2-6H2,1H3,(H,15,18)(H3,14,16,17). The molecule has 1 aromatic heterocycles. The molecular formula is C13H20N4O. The second-order valence-corrected chi connectivity index (χ2v) is 5.75. The fourth-order valence-corrected chi connectivity index (χ4v) is 3.67. The first-order valence-corrected chi connectivity index (χ1v) is 6.73. The maximum Gasteiger partial charge on any atom is 0.256 e. The van der Waals surface area contributed by atoms with Gasteiger partial charge < -0.3 is 11.1 Å². The van der Waals surface area contributed by atoms with Gasteiger partial charge in [-0.05, 0) is 43.9 Å². The number of amides is 1. The zero-order chi connectivity index (χ0) is 12.7. The summed E-state index contributed by atoms with van der Waals surface area (Å²) >= 11 is 0. The van der Waals surface area contributed by atoms with E-state index < -0.39 is 0 Å². The normalized spacial score (nSPS) is 29.7. The van der Waals surface area contributed by atoms with Crippen LogP contribution in [0.1, 0.15) is 41.7 Å². The average molecular weight is 248 g/mol. The third-order valence-electron chi connectivity index (χ3n) is 4.61. The Morgan fingerprint density at radius 3 is 2.89 bits per heavy atom. The van der Waals surface area contributed by atoms with Gasteiger partial charge in [-0.25, -0.2) is 0 Å². The van der Waals surface area contributed by atoms with Crippen LogP contribution in [0, 0.1) is 24.7 Å².